The molecule has 0 fully saturated rings. The number of aliphatic carboxylic acids is 1. The van der Waals surface area contributed by atoms with E-state index >= 15 is 0 Å². The number of carbonyl (C=O) groups excluding carboxylic acids is 1. The predicted molar refractivity (Wildman–Crippen MR) is 76.5 cm³/mol. The molecule has 0 aliphatic heterocycles. The number of halogens is 2. The van der Waals surface area contributed by atoms with Gasteiger partial charge in [0.2, 0.25) is 5.91 Å². The van der Waals surface area contributed by atoms with Crippen LogP contribution in [0.15, 0.2) is 18.2 Å². The fourth-order valence-electron chi connectivity index (χ4n) is 1.40. The van der Waals surface area contributed by atoms with Crippen LogP contribution in [0.3, 0.4) is 0 Å². The molecule has 20 heavy (non-hydrogen) atoms. The largest absolute Gasteiger partial charge is 0.493 e. The minimum absolute atomic E-state index is 0.0735. The number of carboxylic acid groups (broad SMARTS) is 1. The molecular weight excluding hydrogens is 305 g/mol. The Bertz CT molecular complexity index is 493. The molecule has 110 valence electrons. The van der Waals surface area contributed by atoms with Gasteiger partial charge in [0.1, 0.15) is 5.75 Å². The molecule has 0 saturated heterocycles. The van der Waals surface area contributed by atoms with Gasteiger partial charge in [-0.15, -0.1) is 0 Å². The maximum atomic E-state index is 11.7. The molecule has 0 atom stereocenters. The Balaban J connectivity index is 2.34. The van der Waals surface area contributed by atoms with Crippen molar-refractivity contribution in [2.45, 2.75) is 12.8 Å². The van der Waals surface area contributed by atoms with Crippen LogP contribution in [0.2, 0.25) is 10.0 Å². The van der Waals surface area contributed by atoms with Crippen LogP contribution in [0.25, 0.3) is 0 Å². The van der Waals surface area contributed by atoms with Gasteiger partial charge in [0.05, 0.1) is 29.5 Å². The Morgan fingerprint density at radius 3 is 2.55 bits per heavy atom. The molecule has 0 aliphatic carbocycles. The molecular formula is C13H15Cl2NO4. The lowest BCUT2D eigenvalue weighted by atomic mass is 10.3. The van der Waals surface area contributed by atoms with Crippen LogP contribution in [0.5, 0.6) is 5.75 Å². The zero-order valence-corrected chi connectivity index (χ0v) is 12.4. The second-order valence-corrected chi connectivity index (χ2v) is 4.95. The first kappa shape index (κ1) is 16.6. The van der Waals surface area contributed by atoms with Crippen LogP contribution in [-0.4, -0.2) is 42.1 Å². The van der Waals surface area contributed by atoms with Crippen molar-refractivity contribution in [1.82, 2.24) is 4.90 Å². The second kappa shape index (κ2) is 7.97. The Kier molecular flexibility index (Phi) is 6.61. The normalized spacial score (nSPS) is 10.2. The molecule has 1 rings (SSSR count). The first-order valence-electron chi connectivity index (χ1n) is 5.93. The van der Waals surface area contributed by atoms with E-state index in [-0.39, 0.29) is 31.9 Å². The summed E-state index contributed by atoms with van der Waals surface area (Å²) in [6.07, 6.45) is 0.0895. The topological polar surface area (TPSA) is 66.8 Å². The van der Waals surface area contributed by atoms with Gasteiger partial charge in [0, 0.05) is 19.7 Å². The lowest BCUT2D eigenvalue weighted by molar-refractivity contribution is -0.138. The molecule has 0 unspecified atom stereocenters. The van der Waals surface area contributed by atoms with Gasteiger partial charge in [-0.25, -0.2) is 0 Å². The number of carboxylic acids is 1. The predicted octanol–water partition coefficient (Wildman–Crippen LogP) is 2.70. The molecule has 1 amide bonds. The van der Waals surface area contributed by atoms with Crippen molar-refractivity contribution in [2.75, 3.05) is 20.2 Å². The van der Waals surface area contributed by atoms with Crippen molar-refractivity contribution in [2.24, 2.45) is 0 Å². The summed E-state index contributed by atoms with van der Waals surface area (Å²) in [6, 6.07) is 4.84. The molecule has 7 heteroatoms. The molecule has 0 spiro atoms. The van der Waals surface area contributed by atoms with Crippen molar-refractivity contribution >= 4 is 35.1 Å². The van der Waals surface area contributed by atoms with Gasteiger partial charge in [-0.05, 0) is 12.1 Å². The van der Waals surface area contributed by atoms with Gasteiger partial charge in [-0.1, -0.05) is 23.2 Å². The van der Waals surface area contributed by atoms with Gasteiger partial charge in [0.25, 0.3) is 0 Å². The zero-order chi connectivity index (χ0) is 15.1. The third kappa shape index (κ3) is 5.67. The van der Waals surface area contributed by atoms with E-state index < -0.39 is 5.97 Å². The van der Waals surface area contributed by atoms with Crippen molar-refractivity contribution < 1.29 is 19.4 Å². The summed E-state index contributed by atoms with van der Waals surface area (Å²) in [5, 5.41) is 9.35. The second-order valence-electron chi connectivity index (χ2n) is 4.13. The summed E-state index contributed by atoms with van der Waals surface area (Å²) >= 11 is 11.6. The van der Waals surface area contributed by atoms with Gasteiger partial charge in [-0.2, -0.15) is 0 Å². The van der Waals surface area contributed by atoms with E-state index in [0.29, 0.717) is 15.8 Å². The summed E-state index contributed by atoms with van der Waals surface area (Å²) in [7, 11) is 1.56. The highest BCUT2D eigenvalue weighted by Gasteiger charge is 2.10. The fourth-order valence-corrected chi connectivity index (χ4v) is 1.69. The standard InChI is InChI=1S/C13H15Cl2NO4/c1-16(6-4-13(18)19)12(17)5-7-20-9-2-3-10(14)11(15)8-9/h2-3,8H,4-7H2,1H3,(H,18,19). The third-order valence-electron chi connectivity index (χ3n) is 2.56. The summed E-state index contributed by atoms with van der Waals surface area (Å²) < 4.78 is 5.38. The molecule has 0 aliphatic rings. The van der Waals surface area contributed by atoms with E-state index in [4.69, 9.17) is 33.0 Å². The Morgan fingerprint density at radius 1 is 1.25 bits per heavy atom. The lowest BCUT2D eigenvalue weighted by Crippen LogP contribution is -2.30. The molecule has 1 aromatic carbocycles. The lowest BCUT2D eigenvalue weighted by Gasteiger charge is -2.16. The highest BCUT2D eigenvalue weighted by Crippen LogP contribution is 2.26. The summed E-state index contributed by atoms with van der Waals surface area (Å²) in [4.78, 5) is 23.4. The number of hydrogen-bond donors (Lipinski definition) is 1. The van der Waals surface area contributed by atoms with Crippen molar-refractivity contribution in [3.63, 3.8) is 0 Å². The number of rotatable bonds is 7. The number of benzene rings is 1. The minimum Gasteiger partial charge on any atom is -0.493 e. The summed E-state index contributed by atoms with van der Waals surface area (Å²) in [5.41, 5.74) is 0. The van der Waals surface area contributed by atoms with E-state index in [1.807, 2.05) is 0 Å². The molecule has 5 nitrogen and oxygen atoms in total. The highest BCUT2D eigenvalue weighted by atomic mass is 35.5. The average Bonchev–Trinajstić information content (AvgIpc) is 2.39. The quantitative estimate of drug-likeness (QED) is 0.839. The molecule has 0 radical (unpaired) electrons. The van der Waals surface area contributed by atoms with Gasteiger partial charge in [0.15, 0.2) is 0 Å². The SMILES string of the molecule is CN(CCC(=O)O)C(=O)CCOc1ccc(Cl)c(Cl)c1. The van der Waals surface area contributed by atoms with Crippen LogP contribution in [0.1, 0.15) is 12.8 Å². The van der Waals surface area contributed by atoms with Crippen molar-refractivity contribution in [3.8, 4) is 5.75 Å². The van der Waals surface area contributed by atoms with Gasteiger partial charge < -0.3 is 14.7 Å². The number of carbonyl (C=O) groups is 2. The maximum Gasteiger partial charge on any atom is 0.305 e. The van der Waals surface area contributed by atoms with E-state index in [9.17, 15) is 9.59 Å². The number of hydrogen-bond acceptors (Lipinski definition) is 3. The summed E-state index contributed by atoms with van der Waals surface area (Å²) in [6.45, 7) is 0.370. The van der Waals surface area contributed by atoms with Gasteiger partial charge >= 0.3 is 5.97 Å². The Hall–Kier alpha value is -1.46. The number of amides is 1. The first-order valence-corrected chi connectivity index (χ1v) is 6.69. The maximum absolute atomic E-state index is 11.7. The molecule has 1 aromatic rings. The minimum atomic E-state index is -0.934. The Labute approximate surface area is 127 Å². The van der Waals surface area contributed by atoms with Crippen LogP contribution >= 0.6 is 23.2 Å². The van der Waals surface area contributed by atoms with Crippen molar-refractivity contribution in [1.29, 1.82) is 0 Å². The van der Waals surface area contributed by atoms with Crippen molar-refractivity contribution in [3.05, 3.63) is 28.2 Å². The molecule has 1 N–H and O–H groups in total. The molecule has 0 saturated carbocycles. The number of ether oxygens (including phenoxy) is 1. The summed E-state index contributed by atoms with van der Waals surface area (Å²) in [5.74, 6) is -0.580. The third-order valence-corrected chi connectivity index (χ3v) is 3.30. The number of nitrogens with zero attached hydrogens (tertiary/aromatic N) is 1. The van der Waals surface area contributed by atoms with Crippen LogP contribution in [0.4, 0.5) is 0 Å². The fraction of sp³-hybridized carbons (Fsp3) is 0.385. The molecule has 0 bridgehead atoms. The average molecular weight is 320 g/mol. The smallest absolute Gasteiger partial charge is 0.305 e. The molecule has 0 aromatic heterocycles. The van der Waals surface area contributed by atoms with Crippen LogP contribution in [-0.2, 0) is 9.59 Å². The van der Waals surface area contributed by atoms with Crippen LogP contribution < -0.4 is 4.74 Å². The zero-order valence-electron chi connectivity index (χ0n) is 10.9. The first-order chi connectivity index (χ1) is 9.40. The van der Waals surface area contributed by atoms with Crippen LogP contribution in [0, 0.1) is 0 Å². The van der Waals surface area contributed by atoms with E-state index in [1.54, 1.807) is 25.2 Å². The van der Waals surface area contributed by atoms with Gasteiger partial charge in [-0.3, -0.25) is 9.59 Å². The molecule has 0 heterocycles. The van der Waals surface area contributed by atoms with E-state index in [2.05, 4.69) is 0 Å². The highest BCUT2D eigenvalue weighted by molar-refractivity contribution is 6.42. The Morgan fingerprint density at radius 2 is 1.95 bits per heavy atom. The monoisotopic (exact) mass is 319 g/mol. The van der Waals surface area contributed by atoms with E-state index in [1.165, 1.54) is 4.90 Å². The van der Waals surface area contributed by atoms with E-state index in [0.717, 1.165) is 0 Å².